The third-order valence-corrected chi connectivity index (χ3v) is 4.12. The zero-order chi connectivity index (χ0) is 13.1. The molecule has 2 rings (SSSR count). The summed E-state index contributed by atoms with van der Waals surface area (Å²) in [5.41, 5.74) is 8.95. The van der Waals surface area contributed by atoms with E-state index in [1.54, 1.807) is 6.07 Å². The maximum atomic E-state index is 13.8. The minimum Gasteiger partial charge on any atom is -0.326 e. The molecular formula is C15H16FNS. The predicted molar refractivity (Wildman–Crippen MR) is 74.3 cm³/mol. The average Bonchev–Trinajstić information content (AvgIpc) is 2.36. The third-order valence-electron chi connectivity index (χ3n) is 2.97. The van der Waals surface area contributed by atoms with Gasteiger partial charge in [-0.05, 0) is 48.7 Å². The van der Waals surface area contributed by atoms with Gasteiger partial charge in [-0.15, -0.1) is 0 Å². The van der Waals surface area contributed by atoms with Gasteiger partial charge in [-0.3, -0.25) is 0 Å². The fourth-order valence-electron chi connectivity index (χ4n) is 1.72. The second kappa shape index (κ2) is 5.55. The summed E-state index contributed by atoms with van der Waals surface area (Å²) in [5, 5.41) is 0. The first-order valence-corrected chi connectivity index (χ1v) is 6.66. The van der Waals surface area contributed by atoms with Gasteiger partial charge in [-0.1, -0.05) is 30.0 Å². The van der Waals surface area contributed by atoms with Crippen molar-refractivity contribution in [3.8, 4) is 0 Å². The lowest BCUT2D eigenvalue weighted by molar-refractivity contribution is 0.597. The molecule has 94 valence electrons. The Morgan fingerprint density at radius 1 is 1.11 bits per heavy atom. The number of hydrogen-bond donors (Lipinski definition) is 1. The van der Waals surface area contributed by atoms with Crippen LogP contribution in [0.1, 0.15) is 16.7 Å². The smallest absolute Gasteiger partial charge is 0.137 e. The number of halogens is 1. The molecule has 0 aliphatic heterocycles. The number of aryl methyl sites for hydroxylation is 2. The fourth-order valence-corrected chi connectivity index (χ4v) is 2.78. The van der Waals surface area contributed by atoms with Gasteiger partial charge in [0.05, 0.1) is 4.90 Å². The molecule has 0 spiro atoms. The summed E-state index contributed by atoms with van der Waals surface area (Å²) >= 11 is 1.43. The molecule has 0 radical (unpaired) electrons. The summed E-state index contributed by atoms with van der Waals surface area (Å²) < 4.78 is 13.8. The second-order valence-electron chi connectivity index (χ2n) is 4.28. The van der Waals surface area contributed by atoms with Crippen molar-refractivity contribution in [1.29, 1.82) is 0 Å². The minimum atomic E-state index is -0.207. The molecule has 0 bridgehead atoms. The van der Waals surface area contributed by atoms with Crippen LogP contribution in [0.3, 0.4) is 0 Å². The lowest BCUT2D eigenvalue weighted by Crippen LogP contribution is -1.99. The molecule has 0 atom stereocenters. The molecule has 0 aromatic heterocycles. The largest absolute Gasteiger partial charge is 0.326 e. The normalized spacial score (nSPS) is 10.7. The van der Waals surface area contributed by atoms with Crippen LogP contribution in [0.4, 0.5) is 4.39 Å². The highest BCUT2D eigenvalue weighted by atomic mass is 32.2. The van der Waals surface area contributed by atoms with Gasteiger partial charge in [-0.25, -0.2) is 4.39 Å². The standard InChI is InChI=1S/C15H16FNS/c1-10-6-7-13(8-11(10)2)18-15-12(9-17)4-3-5-14(15)16/h3-8H,9,17H2,1-2H3. The Hall–Kier alpha value is -1.32. The average molecular weight is 261 g/mol. The zero-order valence-corrected chi connectivity index (χ0v) is 11.4. The first-order chi connectivity index (χ1) is 8.61. The van der Waals surface area contributed by atoms with Crippen LogP contribution in [-0.2, 0) is 6.54 Å². The van der Waals surface area contributed by atoms with Gasteiger partial charge in [0.1, 0.15) is 5.82 Å². The van der Waals surface area contributed by atoms with E-state index >= 15 is 0 Å². The van der Waals surface area contributed by atoms with Crippen molar-refractivity contribution in [2.75, 3.05) is 0 Å². The van der Waals surface area contributed by atoms with Crippen molar-refractivity contribution in [2.45, 2.75) is 30.2 Å². The fraction of sp³-hybridized carbons (Fsp3) is 0.200. The Morgan fingerprint density at radius 2 is 1.89 bits per heavy atom. The molecule has 2 aromatic carbocycles. The van der Waals surface area contributed by atoms with Crippen molar-refractivity contribution in [3.05, 3.63) is 58.9 Å². The first-order valence-electron chi connectivity index (χ1n) is 5.84. The number of rotatable bonds is 3. The van der Waals surface area contributed by atoms with Gasteiger partial charge in [0.2, 0.25) is 0 Å². The summed E-state index contributed by atoms with van der Waals surface area (Å²) in [6.45, 7) is 4.48. The van der Waals surface area contributed by atoms with E-state index in [2.05, 4.69) is 26.0 Å². The van der Waals surface area contributed by atoms with E-state index in [-0.39, 0.29) is 5.82 Å². The lowest BCUT2D eigenvalue weighted by Gasteiger charge is -2.09. The molecule has 18 heavy (non-hydrogen) atoms. The van der Waals surface area contributed by atoms with E-state index in [0.29, 0.717) is 11.4 Å². The molecule has 0 heterocycles. The molecule has 3 heteroatoms. The quantitative estimate of drug-likeness (QED) is 0.902. The van der Waals surface area contributed by atoms with E-state index in [9.17, 15) is 4.39 Å². The molecule has 0 fully saturated rings. The van der Waals surface area contributed by atoms with E-state index < -0.39 is 0 Å². The van der Waals surface area contributed by atoms with Crippen LogP contribution < -0.4 is 5.73 Å². The van der Waals surface area contributed by atoms with E-state index in [1.807, 2.05) is 12.1 Å². The van der Waals surface area contributed by atoms with Crippen molar-refractivity contribution >= 4 is 11.8 Å². The Bertz CT molecular complexity index is 566. The molecule has 0 aliphatic carbocycles. The van der Waals surface area contributed by atoms with Crippen LogP contribution in [0.5, 0.6) is 0 Å². The van der Waals surface area contributed by atoms with E-state index in [4.69, 9.17) is 5.73 Å². The molecule has 2 aromatic rings. The highest BCUT2D eigenvalue weighted by Crippen LogP contribution is 2.33. The van der Waals surface area contributed by atoms with Crippen LogP contribution in [0.15, 0.2) is 46.2 Å². The van der Waals surface area contributed by atoms with Crippen molar-refractivity contribution in [3.63, 3.8) is 0 Å². The maximum Gasteiger partial charge on any atom is 0.137 e. The summed E-state index contributed by atoms with van der Waals surface area (Å²) in [6.07, 6.45) is 0. The molecule has 2 N–H and O–H groups in total. The minimum absolute atomic E-state index is 0.207. The summed E-state index contributed by atoms with van der Waals surface area (Å²) in [7, 11) is 0. The summed E-state index contributed by atoms with van der Waals surface area (Å²) in [6, 6.07) is 11.2. The first kappa shape index (κ1) is 13.1. The Balaban J connectivity index is 2.36. The van der Waals surface area contributed by atoms with Crippen molar-refractivity contribution in [1.82, 2.24) is 0 Å². The summed E-state index contributed by atoms with van der Waals surface area (Å²) in [5.74, 6) is -0.207. The zero-order valence-electron chi connectivity index (χ0n) is 10.5. The SMILES string of the molecule is Cc1ccc(Sc2c(F)cccc2CN)cc1C. The van der Waals surface area contributed by atoms with Crippen LogP contribution in [0.2, 0.25) is 0 Å². The maximum absolute atomic E-state index is 13.8. The highest BCUT2D eigenvalue weighted by molar-refractivity contribution is 7.99. The highest BCUT2D eigenvalue weighted by Gasteiger charge is 2.09. The van der Waals surface area contributed by atoms with Gasteiger partial charge in [0.15, 0.2) is 0 Å². The van der Waals surface area contributed by atoms with Crippen LogP contribution in [0, 0.1) is 19.7 Å². The van der Waals surface area contributed by atoms with Gasteiger partial charge < -0.3 is 5.73 Å². The van der Waals surface area contributed by atoms with E-state index in [0.717, 1.165) is 10.5 Å². The molecular weight excluding hydrogens is 245 g/mol. The number of hydrogen-bond acceptors (Lipinski definition) is 2. The molecule has 0 saturated heterocycles. The number of nitrogens with two attached hydrogens (primary N) is 1. The van der Waals surface area contributed by atoms with Gasteiger partial charge in [0, 0.05) is 11.4 Å². The van der Waals surface area contributed by atoms with Crippen LogP contribution in [-0.4, -0.2) is 0 Å². The Morgan fingerprint density at radius 3 is 2.56 bits per heavy atom. The van der Waals surface area contributed by atoms with Crippen LogP contribution >= 0.6 is 11.8 Å². The van der Waals surface area contributed by atoms with Gasteiger partial charge in [0.25, 0.3) is 0 Å². The second-order valence-corrected chi connectivity index (χ2v) is 5.36. The van der Waals surface area contributed by atoms with Gasteiger partial charge in [-0.2, -0.15) is 0 Å². The monoisotopic (exact) mass is 261 g/mol. The molecule has 1 nitrogen and oxygen atoms in total. The topological polar surface area (TPSA) is 26.0 Å². The number of benzene rings is 2. The lowest BCUT2D eigenvalue weighted by atomic mass is 10.1. The third kappa shape index (κ3) is 2.74. The van der Waals surface area contributed by atoms with Gasteiger partial charge >= 0.3 is 0 Å². The molecule has 0 aliphatic rings. The van der Waals surface area contributed by atoms with E-state index in [1.165, 1.54) is 29.0 Å². The molecule has 0 unspecified atom stereocenters. The van der Waals surface area contributed by atoms with Crippen molar-refractivity contribution < 1.29 is 4.39 Å². The predicted octanol–water partition coefficient (Wildman–Crippen LogP) is 4.05. The molecule has 0 amide bonds. The van der Waals surface area contributed by atoms with Crippen LogP contribution in [0.25, 0.3) is 0 Å². The van der Waals surface area contributed by atoms with Crippen molar-refractivity contribution in [2.24, 2.45) is 5.73 Å². The molecule has 0 saturated carbocycles. The Kier molecular flexibility index (Phi) is 4.04. The Labute approximate surface area is 111 Å². The summed E-state index contributed by atoms with van der Waals surface area (Å²) in [4.78, 5) is 1.67.